The van der Waals surface area contributed by atoms with Crippen LogP contribution in [0.5, 0.6) is 5.75 Å². The first kappa shape index (κ1) is 21.6. The third-order valence-electron chi connectivity index (χ3n) is 4.58. The zero-order valence-electron chi connectivity index (χ0n) is 16.4. The van der Waals surface area contributed by atoms with Gasteiger partial charge in [0.1, 0.15) is 17.4 Å². The monoisotopic (exact) mass is 443 g/mol. The van der Waals surface area contributed by atoms with Gasteiger partial charge in [0.05, 0.1) is 28.3 Å². The van der Waals surface area contributed by atoms with E-state index in [1.54, 1.807) is 10.7 Å². The molecule has 2 aromatic rings. The van der Waals surface area contributed by atoms with Gasteiger partial charge in [-0.05, 0) is 24.6 Å². The van der Waals surface area contributed by atoms with E-state index in [9.17, 15) is 17.6 Å². The number of sulfone groups is 1. The number of hydrogen-bond acceptors (Lipinski definition) is 5. The molecule has 1 fully saturated rings. The first-order chi connectivity index (χ1) is 13.4. The highest BCUT2D eigenvalue weighted by atomic mass is 35.5. The quantitative estimate of drug-likeness (QED) is 0.765. The van der Waals surface area contributed by atoms with Gasteiger partial charge in [-0.25, -0.2) is 17.5 Å². The second kappa shape index (κ2) is 7.95. The minimum Gasteiger partial charge on any atom is -0.482 e. The number of ether oxygens (including phenoxy) is 1. The van der Waals surface area contributed by atoms with Gasteiger partial charge in [-0.3, -0.25) is 4.79 Å². The van der Waals surface area contributed by atoms with E-state index < -0.39 is 21.6 Å². The smallest absolute Gasteiger partial charge is 0.263 e. The average molecular weight is 444 g/mol. The first-order valence-corrected chi connectivity index (χ1v) is 11.3. The molecule has 3 rings (SSSR count). The van der Waals surface area contributed by atoms with Crippen LogP contribution < -0.4 is 10.1 Å². The van der Waals surface area contributed by atoms with E-state index in [-0.39, 0.29) is 40.3 Å². The maximum Gasteiger partial charge on any atom is 0.263 e. The Morgan fingerprint density at radius 3 is 2.69 bits per heavy atom. The van der Waals surface area contributed by atoms with E-state index in [1.165, 1.54) is 12.1 Å². The molecule has 0 bridgehead atoms. The Morgan fingerprint density at radius 1 is 1.38 bits per heavy atom. The molecule has 7 nitrogen and oxygen atoms in total. The fourth-order valence-electron chi connectivity index (χ4n) is 3.02. The zero-order valence-corrected chi connectivity index (χ0v) is 18.0. The lowest BCUT2D eigenvalue weighted by molar-refractivity contribution is -0.118. The number of amides is 1. The lowest BCUT2D eigenvalue weighted by Gasteiger charge is -2.15. The number of aromatic nitrogens is 2. The molecule has 10 heteroatoms. The van der Waals surface area contributed by atoms with Crippen molar-refractivity contribution in [3.8, 4) is 5.75 Å². The number of carbonyl (C=O) groups is 1. The average Bonchev–Trinajstić information content (AvgIpc) is 3.17. The molecule has 1 unspecified atom stereocenters. The SMILES string of the molecule is CC(C)(C)c1cc(NC(=O)COc2ccc(F)cc2Cl)n(C2CCS(=O)(=O)C2)n1. The first-order valence-electron chi connectivity index (χ1n) is 9.13. The molecule has 0 aliphatic carbocycles. The number of anilines is 1. The summed E-state index contributed by atoms with van der Waals surface area (Å²) in [5.41, 5.74) is 0.458. The summed E-state index contributed by atoms with van der Waals surface area (Å²) < 4.78 is 43.8. The molecule has 1 amide bonds. The zero-order chi connectivity index (χ0) is 21.4. The minimum atomic E-state index is -3.11. The van der Waals surface area contributed by atoms with Crippen molar-refractivity contribution < 1.29 is 22.3 Å². The molecule has 0 spiro atoms. The van der Waals surface area contributed by atoms with Crippen LogP contribution in [0.1, 0.15) is 38.9 Å². The fraction of sp³-hybridized carbons (Fsp3) is 0.474. The second-order valence-corrected chi connectivity index (χ2v) is 10.7. The van der Waals surface area contributed by atoms with Crippen LogP contribution in [0.2, 0.25) is 5.02 Å². The Balaban J connectivity index is 1.76. The summed E-state index contributed by atoms with van der Waals surface area (Å²) in [5.74, 6) is -0.278. The Hall–Kier alpha value is -2.13. The van der Waals surface area contributed by atoms with Gasteiger partial charge in [0.15, 0.2) is 16.4 Å². The molecule has 0 radical (unpaired) electrons. The fourth-order valence-corrected chi connectivity index (χ4v) is 4.93. The van der Waals surface area contributed by atoms with Gasteiger partial charge in [0.2, 0.25) is 0 Å². The molecule has 1 aliphatic heterocycles. The van der Waals surface area contributed by atoms with Crippen molar-refractivity contribution >= 4 is 33.2 Å². The highest BCUT2D eigenvalue weighted by Gasteiger charge is 2.32. The normalized spacial score (nSPS) is 18.6. The number of hydrogen-bond donors (Lipinski definition) is 1. The number of halogens is 2. The number of carbonyl (C=O) groups excluding carboxylic acids is 1. The van der Waals surface area contributed by atoms with Gasteiger partial charge in [0, 0.05) is 11.5 Å². The molecule has 1 aliphatic rings. The van der Waals surface area contributed by atoms with E-state index in [0.29, 0.717) is 12.2 Å². The van der Waals surface area contributed by atoms with Crippen molar-refractivity contribution in [1.29, 1.82) is 0 Å². The van der Waals surface area contributed by atoms with Crippen molar-refractivity contribution in [1.82, 2.24) is 9.78 Å². The molecule has 2 heterocycles. The summed E-state index contributed by atoms with van der Waals surface area (Å²) in [6.07, 6.45) is 0.443. The predicted octanol–water partition coefficient (Wildman–Crippen LogP) is 3.35. The van der Waals surface area contributed by atoms with E-state index in [4.69, 9.17) is 16.3 Å². The molecule has 1 aromatic heterocycles. The third-order valence-corrected chi connectivity index (χ3v) is 6.62. The maximum absolute atomic E-state index is 13.1. The van der Waals surface area contributed by atoms with Crippen molar-refractivity contribution in [3.63, 3.8) is 0 Å². The van der Waals surface area contributed by atoms with Gasteiger partial charge in [-0.2, -0.15) is 5.10 Å². The van der Waals surface area contributed by atoms with Crippen LogP contribution in [0.4, 0.5) is 10.2 Å². The molecular formula is C19H23ClFN3O4S. The topological polar surface area (TPSA) is 90.3 Å². The summed E-state index contributed by atoms with van der Waals surface area (Å²) in [6.45, 7) is 5.60. The molecule has 29 heavy (non-hydrogen) atoms. The van der Waals surface area contributed by atoms with Crippen molar-refractivity contribution in [2.24, 2.45) is 0 Å². The van der Waals surface area contributed by atoms with Crippen molar-refractivity contribution in [3.05, 3.63) is 40.8 Å². The Bertz CT molecular complexity index is 1030. The molecule has 0 saturated carbocycles. The standard InChI is InChI=1S/C19H23ClFN3O4S/c1-19(2,3)16-9-17(24(23-16)13-6-7-29(26,27)11-13)22-18(25)10-28-15-5-4-12(21)8-14(15)20/h4-5,8-9,13H,6-7,10-11H2,1-3H3,(H,22,25). The minimum absolute atomic E-state index is 0.0111. The number of nitrogens with zero attached hydrogens (tertiary/aromatic N) is 2. The lowest BCUT2D eigenvalue weighted by Crippen LogP contribution is -2.24. The summed E-state index contributed by atoms with van der Waals surface area (Å²) in [7, 11) is -3.11. The van der Waals surface area contributed by atoms with Gasteiger partial charge in [-0.15, -0.1) is 0 Å². The van der Waals surface area contributed by atoms with Gasteiger partial charge < -0.3 is 10.1 Å². The van der Waals surface area contributed by atoms with Crippen LogP contribution in [-0.2, 0) is 20.0 Å². The largest absolute Gasteiger partial charge is 0.482 e. The number of benzene rings is 1. The molecule has 1 N–H and O–H groups in total. The third kappa shape index (κ3) is 5.27. The summed E-state index contributed by atoms with van der Waals surface area (Å²) in [6, 6.07) is 5.03. The van der Waals surface area contributed by atoms with Gasteiger partial charge in [-0.1, -0.05) is 32.4 Å². The molecule has 1 aromatic carbocycles. The maximum atomic E-state index is 13.1. The lowest BCUT2D eigenvalue weighted by atomic mass is 9.92. The van der Waals surface area contributed by atoms with E-state index in [1.807, 2.05) is 20.8 Å². The second-order valence-electron chi connectivity index (χ2n) is 8.08. The molecule has 158 valence electrons. The number of rotatable bonds is 5. The molecule has 1 atom stereocenters. The predicted molar refractivity (Wildman–Crippen MR) is 109 cm³/mol. The van der Waals surface area contributed by atoms with Gasteiger partial charge >= 0.3 is 0 Å². The van der Waals surface area contributed by atoms with E-state index >= 15 is 0 Å². The van der Waals surface area contributed by atoms with Crippen LogP contribution in [0.3, 0.4) is 0 Å². The van der Waals surface area contributed by atoms with Crippen molar-refractivity contribution in [2.75, 3.05) is 23.4 Å². The van der Waals surface area contributed by atoms with E-state index in [2.05, 4.69) is 10.4 Å². The molecule has 1 saturated heterocycles. The Morgan fingerprint density at radius 2 is 2.10 bits per heavy atom. The summed E-state index contributed by atoms with van der Waals surface area (Å²) in [5, 5.41) is 7.35. The van der Waals surface area contributed by atoms with Crippen LogP contribution in [0.25, 0.3) is 0 Å². The summed E-state index contributed by atoms with van der Waals surface area (Å²) >= 11 is 5.90. The Kier molecular flexibility index (Phi) is 5.91. The highest BCUT2D eigenvalue weighted by molar-refractivity contribution is 7.91. The van der Waals surface area contributed by atoms with Gasteiger partial charge in [0.25, 0.3) is 5.91 Å². The van der Waals surface area contributed by atoms with E-state index in [0.717, 1.165) is 11.8 Å². The van der Waals surface area contributed by atoms with Crippen LogP contribution in [0, 0.1) is 5.82 Å². The number of nitrogens with one attached hydrogen (secondary N) is 1. The van der Waals surface area contributed by atoms with Crippen LogP contribution in [-0.4, -0.2) is 42.2 Å². The van der Waals surface area contributed by atoms with Crippen molar-refractivity contribution in [2.45, 2.75) is 38.6 Å². The van der Waals surface area contributed by atoms with Crippen LogP contribution >= 0.6 is 11.6 Å². The Labute approximate surface area is 174 Å². The molecular weight excluding hydrogens is 421 g/mol. The summed E-state index contributed by atoms with van der Waals surface area (Å²) in [4.78, 5) is 12.4. The highest BCUT2D eigenvalue weighted by Crippen LogP contribution is 2.31. The van der Waals surface area contributed by atoms with Crippen LogP contribution in [0.15, 0.2) is 24.3 Å².